The summed E-state index contributed by atoms with van der Waals surface area (Å²) in [6.07, 6.45) is -0.372. The van der Waals surface area contributed by atoms with Crippen LogP contribution in [-0.4, -0.2) is 60.2 Å². The second-order valence-corrected chi connectivity index (χ2v) is 3.24. The maximum Gasteiger partial charge on any atom is 0.103 e. The minimum Gasteiger partial charge on any atom is -0.550 e. The van der Waals surface area contributed by atoms with E-state index in [0.717, 1.165) is 11.8 Å². The van der Waals surface area contributed by atoms with E-state index in [1.165, 1.54) is 0 Å². The molecule has 0 aromatic rings. The highest BCUT2D eigenvalue weighted by atomic mass is 16.4. The Hall–Kier alpha value is -0.690. The summed E-state index contributed by atoms with van der Waals surface area (Å²) in [7, 11) is 0. The SMILES string of the molecule is CC(=O)[O-].CC(O)C[NH+](CCO)CCO. The van der Waals surface area contributed by atoms with Crippen LogP contribution < -0.4 is 10.0 Å². The van der Waals surface area contributed by atoms with E-state index >= 15 is 0 Å². The molecule has 0 aromatic heterocycles. The molecule has 0 fully saturated rings. The molecule has 15 heavy (non-hydrogen) atoms. The highest BCUT2D eigenvalue weighted by Gasteiger charge is 2.09. The van der Waals surface area contributed by atoms with Crippen molar-refractivity contribution in [3.8, 4) is 0 Å². The van der Waals surface area contributed by atoms with Gasteiger partial charge in [-0.2, -0.15) is 0 Å². The lowest BCUT2D eigenvalue weighted by Crippen LogP contribution is -3.14. The quantitative estimate of drug-likeness (QED) is 0.367. The van der Waals surface area contributed by atoms with E-state index in [9.17, 15) is 0 Å². The molecule has 0 heterocycles. The molecule has 0 spiro atoms. The van der Waals surface area contributed by atoms with E-state index in [2.05, 4.69) is 0 Å². The normalized spacial score (nSPS) is 11.9. The van der Waals surface area contributed by atoms with E-state index in [1.54, 1.807) is 6.92 Å². The number of carboxylic acid groups (broad SMARTS) is 1. The molecule has 0 aliphatic heterocycles. The summed E-state index contributed by atoms with van der Waals surface area (Å²) in [5.41, 5.74) is 0. The van der Waals surface area contributed by atoms with Gasteiger partial charge in [0.15, 0.2) is 0 Å². The van der Waals surface area contributed by atoms with E-state index in [-0.39, 0.29) is 19.3 Å². The number of carboxylic acids is 1. The molecule has 6 heteroatoms. The van der Waals surface area contributed by atoms with Crippen molar-refractivity contribution < 1.29 is 30.1 Å². The number of hydrogen-bond acceptors (Lipinski definition) is 5. The maximum atomic E-state index is 8.99. The summed E-state index contributed by atoms with van der Waals surface area (Å²) < 4.78 is 0. The lowest BCUT2D eigenvalue weighted by atomic mass is 10.3. The fourth-order valence-corrected chi connectivity index (χ4v) is 1.06. The average Bonchev–Trinajstić information content (AvgIpc) is 2.02. The van der Waals surface area contributed by atoms with Crippen LogP contribution in [0.25, 0.3) is 0 Å². The molecule has 0 bridgehead atoms. The molecule has 0 aromatic carbocycles. The molecule has 0 amide bonds. The standard InChI is InChI=1S/C7H17NO3.C2H4O2/c1-7(11)6-8(2-4-9)3-5-10;1-2(3)4/h7,9-11H,2-6H2,1H3;1H3,(H,3,4). The molecule has 0 saturated carbocycles. The Balaban J connectivity index is 0. The molecule has 0 radical (unpaired) electrons. The van der Waals surface area contributed by atoms with Gasteiger partial charge in [-0.3, -0.25) is 0 Å². The summed E-state index contributed by atoms with van der Waals surface area (Å²) in [6.45, 7) is 4.64. The third-order valence-electron chi connectivity index (χ3n) is 1.51. The van der Waals surface area contributed by atoms with Gasteiger partial charge in [0.1, 0.15) is 25.7 Å². The van der Waals surface area contributed by atoms with Crippen LogP contribution in [0.2, 0.25) is 0 Å². The molecule has 6 nitrogen and oxygen atoms in total. The number of quaternary nitrogens is 1. The monoisotopic (exact) mass is 223 g/mol. The Morgan fingerprint density at radius 2 is 1.67 bits per heavy atom. The van der Waals surface area contributed by atoms with Gasteiger partial charge in [0.2, 0.25) is 0 Å². The van der Waals surface area contributed by atoms with Gasteiger partial charge in [-0.1, -0.05) is 0 Å². The van der Waals surface area contributed by atoms with Crippen LogP contribution in [0, 0.1) is 0 Å². The summed E-state index contributed by atoms with van der Waals surface area (Å²) in [5.74, 6) is -1.08. The van der Waals surface area contributed by atoms with Crippen molar-refractivity contribution >= 4 is 5.97 Å². The van der Waals surface area contributed by atoms with E-state index in [0.29, 0.717) is 19.6 Å². The second kappa shape index (κ2) is 11.4. The molecule has 0 rings (SSSR count). The molecule has 92 valence electrons. The Morgan fingerprint density at radius 1 is 1.33 bits per heavy atom. The smallest absolute Gasteiger partial charge is 0.103 e. The Bertz CT molecular complexity index is 141. The van der Waals surface area contributed by atoms with Crippen LogP contribution in [-0.2, 0) is 4.79 Å². The fourth-order valence-electron chi connectivity index (χ4n) is 1.06. The first-order valence-corrected chi connectivity index (χ1v) is 4.85. The van der Waals surface area contributed by atoms with Crippen molar-refractivity contribution in [1.29, 1.82) is 0 Å². The Labute approximate surface area is 89.8 Å². The number of nitrogens with one attached hydrogen (secondary N) is 1. The zero-order valence-electron chi connectivity index (χ0n) is 9.27. The van der Waals surface area contributed by atoms with Gasteiger partial charge < -0.3 is 30.1 Å². The number of carbonyl (C=O) groups is 1. The summed E-state index contributed by atoms with van der Waals surface area (Å²) in [4.78, 5) is 9.92. The number of aliphatic carboxylic acids is 1. The largest absolute Gasteiger partial charge is 0.550 e. The molecule has 0 aliphatic carbocycles. The highest BCUT2D eigenvalue weighted by Crippen LogP contribution is 1.69. The molecule has 1 atom stereocenters. The molecular formula is C9H21NO5. The first-order chi connectivity index (χ1) is 6.93. The summed E-state index contributed by atoms with van der Waals surface area (Å²) in [5, 5.41) is 35.1. The van der Waals surface area contributed by atoms with Gasteiger partial charge in [0, 0.05) is 5.97 Å². The zero-order chi connectivity index (χ0) is 12.3. The maximum absolute atomic E-state index is 8.99. The Kier molecular flexibility index (Phi) is 12.7. The lowest BCUT2D eigenvalue weighted by Gasteiger charge is -2.18. The van der Waals surface area contributed by atoms with Gasteiger partial charge in [0.25, 0.3) is 0 Å². The predicted octanol–water partition coefficient (Wildman–Crippen LogP) is -4.01. The molecule has 0 saturated heterocycles. The second-order valence-electron chi connectivity index (χ2n) is 3.24. The third-order valence-corrected chi connectivity index (χ3v) is 1.51. The van der Waals surface area contributed by atoms with Crippen molar-refractivity contribution in [2.45, 2.75) is 20.0 Å². The molecule has 4 N–H and O–H groups in total. The van der Waals surface area contributed by atoms with Gasteiger partial charge in [0.05, 0.1) is 13.2 Å². The van der Waals surface area contributed by atoms with Gasteiger partial charge in [-0.15, -0.1) is 0 Å². The number of aliphatic hydroxyl groups is 3. The van der Waals surface area contributed by atoms with Crippen LogP contribution in [0.15, 0.2) is 0 Å². The van der Waals surface area contributed by atoms with E-state index in [4.69, 9.17) is 25.2 Å². The summed E-state index contributed by atoms with van der Waals surface area (Å²) >= 11 is 0. The number of rotatable bonds is 6. The first-order valence-electron chi connectivity index (χ1n) is 4.85. The van der Waals surface area contributed by atoms with Crippen LogP contribution in [0.4, 0.5) is 0 Å². The van der Waals surface area contributed by atoms with Crippen molar-refractivity contribution in [3.05, 3.63) is 0 Å². The van der Waals surface area contributed by atoms with Crippen molar-refractivity contribution in [2.24, 2.45) is 0 Å². The van der Waals surface area contributed by atoms with E-state index in [1.807, 2.05) is 0 Å². The summed E-state index contributed by atoms with van der Waals surface area (Å²) in [6, 6.07) is 0. The van der Waals surface area contributed by atoms with Crippen LogP contribution in [0.5, 0.6) is 0 Å². The lowest BCUT2D eigenvalue weighted by molar-refractivity contribution is -0.903. The van der Waals surface area contributed by atoms with Gasteiger partial charge in [-0.25, -0.2) is 0 Å². The van der Waals surface area contributed by atoms with Crippen molar-refractivity contribution in [2.75, 3.05) is 32.8 Å². The average molecular weight is 223 g/mol. The number of carbonyl (C=O) groups excluding carboxylic acids is 1. The third kappa shape index (κ3) is 19.6. The Morgan fingerprint density at radius 3 is 1.87 bits per heavy atom. The predicted molar refractivity (Wildman–Crippen MR) is 52.1 cm³/mol. The number of aliphatic hydroxyl groups excluding tert-OH is 3. The van der Waals surface area contributed by atoms with Crippen LogP contribution >= 0.6 is 0 Å². The topological polar surface area (TPSA) is 105 Å². The van der Waals surface area contributed by atoms with Crippen LogP contribution in [0.3, 0.4) is 0 Å². The highest BCUT2D eigenvalue weighted by molar-refractivity contribution is 5.60. The van der Waals surface area contributed by atoms with Crippen molar-refractivity contribution in [1.82, 2.24) is 0 Å². The fraction of sp³-hybridized carbons (Fsp3) is 0.889. The first kappa shape index (κ1) is 16.7. The van der Waals surface area contributed by atoms with Crippen LogP contribution in [0.1, 0.15) is 13.8 Å². The molecule has 1 unspecified atom stereocenters. The van der Waals surface area contributed by atoms with Gasteiger partial charge >= 0.3 is 0 Å². The molecular weight excluding hydrogens is 202 g/mol. The van der Waals surface area contributed by atoms with E-state index < -0.39 is 5.97 Å². The number of hydrogen-bond donors (Lipinski definition) is 4. The zero-order valence-corrected chi connectivity index (χ0v) is 9.27. The minimum absolute atomic E-state index is 0.0993. The van der Waals surface area contributed by atoms with Gasteiger partial charge in [-0.05, 0) is 13.8 Å². The molecule has 0 aliphatic rings. The van der Waals surface area contributed by atoms with Crippen molar-refractivity contribution in [3.63, 3.8) is 0 Å². The minimum atomic E-state index is -1.08.